The summed E-state index contributed by atoms with van der Waals surface area (Å²) in [5, 5.41) is 1.19. The molecule has 0 radical (unpaired) electrons. The number of nitrogens with zero attached hydrogens (tertiary/aromatic N) is 1. The van der Waals surface area contributed by atoms with Gasteiger partial charge in [-0.05, 0) is 37.4 Å². The molecular formula is C16H23ClN2O. The number of rotatable bonds is 3. The third kappa shape index (κ3) is 3.17. The van der Waals surface area contributed by atoms with E-state index in [4.69, 9.17) is 10.2 Å². The van der Waals surface area contributed by atoms with Gasteiger partial charge < -0.3 is 10.2 Å². The molecule has 1 saturated heterocycles. The maximum absolute atomic E-state index is 5.91. The van der Waals surface area contributed by atoms with Gasteiger partial charge in [0.1, 0.15) is 11.3 Å². The average Bonchev–Trinajstić information content (AvgIpc) is 2.83. The number of hydrogen-bond donors (Lipinski definition) is 1. The predicted octanol–water partition coefficient (Wildman–Crippen LogP) is 3.41. The summed E-state index contributed by atoms with van der Waals surface area (Å²) in [5.74, 6) is 1.84. The molecule has 3 rings (SSSR count). The highest BCUT2D eigenvalue weighted by molar-refractivity contribution is 5.85. The lowest BCUT2D eigenvalue weighted by Crippen LogP contribution is -2.45. The SMILES string of the molecule is CC1CCN(Cc2cc3ccccc3o2)C(CN)C1.Cl. The van der Waals surface area contributed by atoms with Gasteiger partial charge in [0.05, 0.1) is 6.54 Å². The molecule has 2 N–H and O–H groups in total. The Morgan fingerprint density at radius 1 is 1.35 bits per heavy atom. The Bertz CT molecular complexity index is 521. The summed E-state index contributed by atoms with van der Waals surface area (Å²) in [4.78, 5) is 2.47. The van der Waals surface area contributed by atoms with Crippen LogP contribution in [0.3, 0.4) is 0 Å². The first-order valence-corrected chi connectivity index (χ1v) is 7.18. The third-order valence-electron chi connectivity index (χ3n) is 4.21. The number of furan rings is 1. The van der Waals surface area contributed by atoms with Crippen LogP contribution in [0.2, 0.25) is 0 Å². The molecule has 1 aromatic carbocycles. The van der Waals surface area contributed by atoms with Crippen LogP contribution < -0.4 is 5.73 Å². The fraction of sp³-hybridized carbons (Fsp3) is 0.500. The minimum atomic E-state index is 0. The van der Waals surface area contributed by atoms with Crippen molar-refractivity contribution >= 4 is 23.4 Å². The zero-order valence-electron chi connectivity index (χ0n) is 11.9. The van der Waals surface area contributed by atoms with E-state index in [-0.39, 0.29) is 12.4 Å². The van der Waals surface area contributed by atoms with Gasteiger partial charge in [-0.3, -0.25) is 4.90 Å². The van der Waals surface area contributed by atoms with Crippen molar-refractivity contribution in [2.24, 2.45) is 11.7 Å². The van der Waals surface area contributed by atoms with Crippen LogP contribution >= 0.6 is 12.4 Å². The summed E-state index contributed by atoms with van der Waals surface area (Å²) in [6.45, 7) is 5.06. The van der Waals surface area contributed by atoms with E-state index in [1.165, 1.54) is 18.2 Å². The number of piperidine rings is 1. The quantitative estimate of drug-likeness (QED) is 0.943. The highest BCUT2D eigenvalue weighted by atomic mass is 35.5. The summed E-state index contributed by atoms with van der Waals surface area (Å²) in [6.07, 6.45) is 2.47. The second-order valence-electron chi connectivity index (χ2n) is 5.74. The molecule has 0 saturated carbocycles. The first-order valence-electron chi connectivity index (χ1n) is 7.18. The van der Waals surface area contributed by atoms with Crippen molar-refractivity contribution in [2.45, 2.75) is 32.4 Å². The van der Waals surface area contributed by atoms with E-state index >= 15 is 0 Å². The van der Waals surface area contributed by atoms with Gasteiger partial charge >= 0.3 is 0 Å². The summed E-state index contributed by atoms with van der Waals surface area (Å²) in [5.41, 5.74) is 6.89. The van der Waals surface area contributed by atoms with Gasteiger partial charge in [0.2, 0.25) is 0 Å². The molecule has 2 atom stereocenters. The topological polar surface area (TPSA) is 42.4 Å². The van der Waals surface area contributed by atoms with Gasteiger partial charge in [-0.15, -0.1) is 12.4 Å². The fourth-order valence-corrected chi connectivity index (χ4v) is 3.07. The smallest absolute Gasteiger partial charge is 0.134 e. The number of para-hydroxylation sites is 1. The largest absolute Gasteiger partial charge is 0.460 e. The normalized spacial score (nSPS) is 23.7. The minimum Gasteiger partial charge on any atom is -0.460 e. The lowest BCUT2D eigenvalue weighted by molar-refractivity contribution is 0.108. The molecule has 0 bridgehead atoms. The van der Waals surface area contributed by atoms with E-state index in [0.29, 0.717) is 6.04 Å². The number of halogens is 1. The molecule has 110 valence electrons. The van der Waals surface area contributed by atoms with Crippen LogP contribution in [0.1, 0.15) is 25.5 Å². The summed E-state index contributed by atoms with van der Waals surface area (Å²) in [6, 6.07) is 10.8. The molecule has 2 aromatic rings. The number of fused-ring (bicyclic) bond motifs is 1. The fourth-order valence-electron chi connectivity index (χ4n) is 3.07. The molecule has 1 aliphatic heterocycles. The molecule has 4 heteroatoms. The zero-order valence-corrected chi connectivity index (χ0v) is 12.7. The second-order valence-corrected chi connectivity index (χ2v) is 5.74. The predicted molar refractivity (Wildman–Crippen MR) is 85.1 cm³/mol. The van der Waals surface area contributed by atoms with Crippen LogP contribution in [0.5, 0.6) is 0 Å². The Morgan fingerprint density at radius 3 is 2.90 bits per heavy atom. The standard InChI is InChI=1S/C16H22N2O.ClH/c1-12-6-7-18(14(8-12)10-17)11-15-9-13-4-2-3-5-16(13)19-15;/h2-5,9,12,14H,6-8,10-11,17H2,1H3;1H. The molecule has 1 fully saturated rings. The van der Waals surface area contributed by atoms with Gasteiger partial charge in [-0.1, -0.05) is 25.1 Å². The number of hydrogen-bond acceptors (Lipinski definition) is 3. The number of nitrogens with two attached hydrogens (primary N) is 1. The Hall–Kier alpha value is -1.03. The van der Waals surface area contributed by atoms with Crippen LogP contribution in [0.25, 0.3) is 11.0 Å². The Morgan fingerprint density at radius 2 is 2.15 bits per heavy atom. The number of benzene rings is 1. The van der Waals surface area contributed by atoms with E-state index < -0.39 is 0 Å². The van der Waals surface area contributed by atoms with E-state index in [2.05, 4.69) is 24.0 Å². The van der Waals surface area contributed by atoms with Gasteiger partial charge in [0.15, 0.2) is 0 Å². The van der Waals surface area contributed by atoms with E-state index in [1.807, 2.05) is 18.2 Å². The van der Waals surface area contributed by atoms with E-state index in [0.717, 1.165) is 36.9 Å². The highest BCUT2D eigenvalue weighted by Crippen LogP contribution is 2.26. The Labute approximate surface area is 126 Å². The van der Waals surface area contributed by atoms with Gasteiger partial charge in [-0.2, -0.15) is 0 Å². The van der Waals surface area contributed by atoms with Gasteiger partial charge in [0, 0.05) is 18.0 Å². The van der Waals surface area contributed by atoms with Crippen molar-refractivity contribution < 1.29 is 4.42 Å². The molecule has 0 aliphatic carbocycles. The molecular weight excluding hydrogens is 272 g/mol. The zero-order chi connectivity index (χ0) is 13.2. The first-order chi connectivity index (χ1) is 9.26. The van der Waals surface area contributed by atoms with Crippen molar-refractivity contribution in [1.29, 1.82) is 0 Å². The molecule has 1 aliphatic rings. The average molecular weight is 295 g/mol. The van der Waals surface area contributed by atoms with Crippen molar-refractivity contribution in [1.82, 2.24) is 4.90 Å². The first kappa shape index (κ1) is 15.4. The van der Waals surface area contributed by atoms with Gasteiger partial charge in [0.25, 0.3) is 0 Å². The second kappa shape index (κ2) is 6.61. The van der Waals surface area contributed by atoms with Crippen LogP contribution in [0.15, 0.2) is 34.7 Å². The van der Waals surface area contributed by atoms with Crippen molar-refractivity contribution in [2.75, 3.05) is 13.1 Å². The van der Waals surface area contributed by atoms with Crippen molar-refractivity contribution in [3.8, 4) is 0 Å². The summed E-state index contributed by atoms with van der Waals surface area (Å²) >= 11 is 0. The summed E-state index contributed by atoms with van der Waals surface area (Å²) < 4.78 is 5.91. The van der Waals surface area contributed by atoms with Crippen LogP contribution in [-0.4, -0.2) is 24.0 Å². The third-order valence-corrected chi connectivity index (χ3v) is 4.21. The molecule has 2 unspecified atom stereocenters. The maximum atomic E-state index is 5.91. The minimum absolute atomic E-state index is 0. The van der Waals surface area contributed by atoms with Crippen LogP contribution in [0, 0.1) is 5.92 Å². The lowest BCUT2D eigenvalue weighted by Gasteiger charge is -2.37. The maximum Gasteiger partial charge on any atom is 0.134 e. The molecule has 1 aromatic heterocycles. The lowest BCUT2D eigenvalue weighted by atomic mass is 9.92. The molecule has 20 heavy (non-hydrogen) atoms. The molecule has 0 spiro atoms. The monoisotopic (exact) mass is 294 g/mol. The summed E-state index contributed by atoms with van der Waals surface area (Å²) in [7, 11) is 0. The number of likely N-dealkylation sites (tertiary alicyclic amines) is 1. The Balaban J connectivity index is 0.00000147. The molecule has 0 amide bonds. The highest BCUT2D eigenvalue weighted by Gasteiger charge is 2.25. The van der Waals surface area contributed by atoms with E-state index in [9.17, 15) is 0 Å². The van der Waals surface area contributed by atoms with Crippen molar-refractivity contribution in [3.05, 3.63) is 36.1 Å². The Kier molecular flexibility index (Phi) is 5.08. The van der Waals surface area contributed by atoms with Crippen LogP contribution in [0.4, 0.5) is 0 Å². The molecule has 2 heterocycles. The molecule has 3 nitrogen and oxygen atoms in total. The van der Waals surface area contributed by atoms with Crippen LogP contribution in [-0.2, 0) is 6.54 Å². The van der Waals surface area contributed by atoms with E-state index in [1.54, 1.807) is 0 Å². The van der Waals surface area contributed by atoms with Gasteiger partial charge in [-0.25, -0.2) is 0 Å². The van der Waals surface area contributed by atoms with Crippen molar-refractivity contribution in [3.63, 3.8) is 0 Å².